The second-order valence-corrected chi connectivity index (χ2v) is 8.18. The third-order valence-electron chi connectivity index (χ3n) is 5.41. The van der Waals surface area contributed by atoms with Gasteiger partial charge in [-0.25, -0.2) is 9.48 Å². The number of nitrogens with zero attached hydrogens (tertiary/aromatic N) is 5. The highest BCUT2D eigenvalue weighted by molar-refractivity contribution is 6.30. The van der Waals surface area contributed by atoms with E-state index in [4.69, 9.17) is 22.1 Å². The maximum Gasteiger partial charge on any atom is 0.413 e. The zero-order chi connectivity index (χ0) is 25.8. The van der Waals surface area contributed by atoms with Crippen LogP contribution in [0.4, 0.5) is 16.3 Å². The number of allylic oxidation sites excluding steroid dienone is 1. The summed E-state index contributed by atoms with van der Waals surface area (Å²) in [5.74, 6) is -0.870. The monoisotopic (exact) mass is 500 g/mol. The van der Waals surface area contributed by atoms with E-state index in [9.17, 15) is 14.4 Å². The summed E-state index contributed by atoms with van der Waals surface area (Å²) in [5, 5.41) is 13.4. The van der Waals surface area contributed by atoms with Crippen LogP contribution in [0.15, 0.2) is 46.2 Å². The number of aromatic nitrogens is 4. The third kappa shape index (κ3) is 5.54. The number of aryl methyl sites for hydroxylation is 1. The Bertz CT molecular complexity index is 1210. The first-order valence-electron chi connectivity index (χ1n) is 10.6. The van der Waals surface area contributed by atoms with Crippen molar-refractivity contribution in [3.8, 4) is 11.4 Å². The van der Waals surface area contributed by atoms with Crippen molar-refractivity contribution in [1.29, 1.82) is 0 Å². The fourth-order valence-corrected chi connectivity index (χ4v) is 3.45. The minimum atomic E-state index is -1.15. The van der Waals surface area contributed by atoms with E-state index in [1.807, 2.05) is 0 Å². The molecule has 2 aromatic heterocycles. The molecule has 4 N–H and O–H groups in total. The molecular weight excluding hydrogens is 476 g/mol. The number of amides is 3. The van der Waals surface area contributed by atoms with Gasteiger partial charge in [-0.1, -0.05) is 29.0 Å². The summed E-state index contributed by atoms with van der Waals surface area (Å²) in [7, 11) is 1.59. The predicted molar refractivity (Wildman–Crippen MR) is 131 cm³/mol. The second kappa shape index (κ2) is 10.5. The Kier molecular flexibility index (Phi) is 7.65. The molecule has 2 aromatic rings. The minimum Gasteiger partial charge on any atom is -0.441 e. The van der Waals surface area contributed by atoms with Gasteiger partial charge >= 0.3 is 6.09 Å². The maximum atomic E-state index is 12.6. The number of anilines is 2. The van der Waals surface area contributed by atoms with Crippen LogP contribution in [0.2, 0.25) is 0 Å². The average Bonchev–Trinajstić information content (AvgIpc) is 3.57. The molecule has 1 atom stereocenters. The van der Waals surface area contributed by atoms with Gasteiger partial charge in [0.1, 0.15) is 16.7 Å². The molecule has 0 aliphatic heterocycles. The van der Waals surface area contributed by atoms with E-state index >= 15 is 0 Å². The van der Waals surface area contributed by atoms with E-state index in [0.29, 0.717) is 29.8 Å². The largest absolute Gasteiger partial charge is 0.441 e. The standard InChI is InChI=1S/C22H25ClN8O4/c1-5-6-14(17(23)25-3)12(2)35-21(34)28-18-16(29-30-31(18)4)15-8-7-13(11-26-15)27-20(33)22(9-10-22)19(24)32/h5-8,11-12H,3,9-10H2,1-2,4H3,(H2,24,32)(H,27,33)(H,28,34)/b6-5-,17-14+/t12-/m1/s1. The van der Waals surface area contributed by atoms with Gasteiger partial charge in [0.05, 0.1) is 17.6 Å². The molecule has 1 aliphatic carbocycles. The lowest BCUT2D eigenvalue weighted by molar-refractivity contribution is -0.132. The number of halogens is 1. The van der Waals surface area contributed by atoms with Crippen molar-refractivity contribution in [1.82, 2.24) is 20.0 Å². The molecule has 0 radical (unpaired) electrons. The van der Waals surface area contributed by atoms with Gasteiger partial charge in [0.15, 0.2) is 11.5 Å². The molecule has 0 saturated heterocycles. The molecule has 184 valence electrons. The first-order chi connectivity index (χ1) is 16.6. The Balaban J connectivity index is 1.72. The minimum absolute atomic E-state index is 0.117. The van der Waals surface area contributed by atoms with Crippen molar-refractivity contribution in [3.63, 3.8) is 0 Å². The molecule has 1 fully saturated rings. The van der Waals surface area contributed by atoms with E-state index < -0.39 is 29.4 Å². The molecular formula is C22H25ClN8O4. The quantitative estimate of drug-likeness (QED) is 0.206. The summed E-state index contributed by atoms with van der Waals surface area (Å²) < 4.78 is 6.77. The number of ether oxygens (including phenoxy) is 1. The number of primary amides is 1. The Labute approximate surface area is 206 Å². The number of aliphatic imine (C=N–C) groups is 1. The molecule has 3 amide bonds. The average molecular weight is 501 g/mol. The van der Waals surface area contributed by atoms with Crippen LogP contribution >= 0.6 is 11.6 Å². The molecule has 35 heavy (non-hydrogen) atoms. The van der Waals surface area contributed by atoms with Crippen LogP contribution in [0.25, 0.3) is 11.4 Å². The van der Waals surface area contributed by atoms with E-state index in [1.54, 1.807) is 45.2 Å². The van der Waals surface area contributed by atoms with E-state index in [2.05, 4.69) is 37.6 Å². The van der Waals surface area contributed by atoms with E-state index in [1.165, 1.54) is 10.9 Å². The molecule has 13 heteroatoms. The number of nitrogens with one attached hydrogen (secondary N) is 2. The van der Waals surface area contributed by atoms with Crippen molar-refractivity contribution in [2.24, 2.45) is 23.2 Å². The lowest BCUT2D eigenvalue weighted by atomic mass is 10.1. The number of pyridine rings is 1. The number of carbonyl (C=O) groups excluding carboxylic acids is 3. The summed E-state index contributed by atoms with van der Waals surface area (Å²) in [6.07, 6.45) is 4.16. The van der Waals surface area contributed by atoms with Crippen molar-refractivity contribution in [3.05, 3.63) is 41.2 Å². The van der Waals surface area contributed by atoms with Gasteiger partial charge in [-0.3, -0.25) is 24.9 Å². The van der Waals surface area contributed by atoms with Crippen LogP contribution in [0.1, 0.15) is 26.7 Å². The molecule has 1 saturated carbocycles. The SMILES string of the molecule is C=N/C(Cl)=C(\C=C/C)[C@@H](C)OC(=O)Nc1c(-c2ccc(NC(=O)C3(C(N)=O)CC3)cn2)nnn1C. The van der Waals surface area contributed by atoms with E-state index in [0.717, 1.165) is 0 Å². The Morgan fingerprint density at radius 2 is 2.06 bits per heavy atom. The highest BCUT2D eigenvalue weighted by atomic mass is 35.5. The maximum absolute atomic E-state index is 12.6. The number of rotatable bonds is 9. The van der Waals surface area contributed by atoms with Crippen LogP contribution in [0.5, 0.6) is 0 Å². The van der Waals surface area contributed by atoms with Crippen molar-refractivity contribution < 1.29 is 19.1 Å². The van der Waals surface area contributed by atoms with Crippen molar-refractivity contribution in [2.75, 3.05) is 10.6 Å². The third-order valence-corrected chi connectivity index (χ3v) is 5.75. The topological polar surface area (TPSA) is 166 Å². The zero-order valence-electron chi connectivity index (χ0n) is 19.4. The van der Waals surface area contributed by atoms with Gasteiger partial charge in [-0.2, -0.15) is 0 Å². The Hall–Kier alpha value is -4.06. The van der Waals surface area contributed by atoms with Gasteiger partial charge in [-0.05, 0) is 45.5 Å². The van der Waals surface area contributed by atoms with Crippen LogP contribution in [-0.2, 0) is 21.4 Å². The smallest absolute Gasteiger partial charge is 0.413 e. The highest BCUT2D eigenvalue weighted by Gasteiger charge is 2.55. The van der Waals surface area contributed by atoms with Crippen molar-refractivity contribution in [2.45, 2.75) is 32.8 Å². The summed E-state index contributed by atoms with van der Waals surface area (Å²) in [4.78, 5) is 44.4. The van der Waals surface area contributed by atoms with Crippen molar-refractivity contribution >= 4 is 47.7 Å². The van der Waals surface area contributed by atoms with Crippen LogP contribution in [0, 0.1) is 5.41 Å². The lowest BCUT2D eigenvalue weighted by Gasteiger charge is -2.16. The van der Waals surface area contributed by atoms with Gasteiger partial charge in [0.2, 0.25) is 11.8 Å². The summed E-state index contributed by atoms with van der Waals surface area (Å²) in [5.41, 5.74) is 5.70. The molecule has 2 heterocycles. The molecule has 0 spiro atoms. The molecule has 0 bridgehead atoms. The molecule has 1 aliphatic rings. The van der Waals surface area contributed by atoms with Crippen LogP contribution in [-0.4, -0.2) is 50.7 Å². The fraction of sp³-hybridized carbons (Fsp3) is 0.318. The summed E-state index contributed by atoms with van der Waals surface area (Å²) >= 11 is 6.06. The summed E-state index contributed by atoms with van der Waals surface area (Å²) in [6.45, 7) is 6.82. The number of carbonyl (C=O) groups is 3. The Morgan fingerprint density at radius 3 is 2.60 bits per heavy atom. The Morgan fingerprint density at radius 1 is 1.34 bits per heavy atom. The number of hydrogen-bond donors (Lipinski definition) is 3. The first-order valence-corrected chi connectivity index (χ1v) is 10.9. The van der Waals surface area contributed by atoms with Crippen LogP contribution < -0.4 is 16.4 Å². The normalized spacial score (nSPS) is 15.7. The van der Waals surface area contributed by atoms with Gasteiger partial charge in [0.25, 0.3) is 0 Å². The predicted octanol–water partition coefficient (Wildman–Crippen LogP) is 2.75. The summed E-state index contributed by atoms with van der Waals surface area (Å²) in [6, 6.07) is 3.18. The first kappa shape index (κ1) is 25.6. The zero-order valence-corrected chi connectivity index (χ0v) is 20.2. The lowest BCUT2D eigenvalue weighted by Crippen LogP contribution is -2.36. The fourth-order valence-electron chi connectivity index (χ4n) is 3.23. The van der Waals surface area contributed by atoms with Gasteiger partial charge < -0.3 is 15.8 Å². The van der Waals surface area contributed by atoms with Gasteiger partial charge in [0, 0.05) is 12.6 Å². The molecule has 0 aromatic carbocycles. The highest BCUT2D eigenvalue weighted by Crippen LogP contribution is 2.46. The molecule has 12 nitrogen and oxygen atoms in total. The van der Waals surface area contributed by atoms with Crippen LogP contribution in [0.3, 0.4) is 0 Å². The van der Waals surface area contributed by atoms with E-state index in [-0.39, 0.29) is 16.7 Å². The van der Waals surface area contributed by atoms with Gasteiger partial charge in [-0.15, -0.1) is 5.10 Å². The molecule has 0 unspecified atom stereocenters. The second-order valence-electron chi connectivity index (χ2n) is 7.82. The number of hydrogen-bond acceptors (Lipinski definition) is 8. The molecule has 3 rings (SSSR count). The number of nitrogens with two attached hydrogens (primary N) is 1.